The molecule has 1 fully saturated rings. The second-order valence-corrected chi connectivity index (χ2v) is 6.53. The first kappa shape index (κ1) is 15.4. The molecule has 20 heavy (non-hydrogen) atoms. The largest absolute Gasteiger partial charge is 0.378 e. The molecule has 2 heterocycles. The van der Waals surface area contributed by atoms with Crippen LogP contribution >= 0.6 is 0 Å². The van der Waals surface area contributed by atoms with Gasteiger partial charge in [-0.1, -0.05) is 6.92 Å². The first-order valence-electron chi connectivity index (χ1n) is 6.97. The molecule has 2 rings (SSSR count). The smallest absolute Gasteiger partial charge is 0.257 e. The molecule has 1 unspecified atom stereocenters. The first-order valence-corrected chi connectivity index (χ1v) is 8.46. The topological polar surface area (TPSA) is 96.1 Å². The fourth-order valence-electron chi connectivity index (χ4n) is 2.22. The molecule has 0 amide bonds. The molecule has 114 valence electrons. The SMILES string of the molecule is CCNCc1cn[nH]c1S(=O)(=O)NCCC1CCCO1. The van der Waals surface area contributed by atoms with E-state index in [2.05, 4.69) is 20.2 Å². The number of ether oxygens (including phenoxy) is 1. The third-order valence-electron chi connectivity index (χ3n) is 3.29. The Hall–Kier alpha value is -0.960. The Balaban J connectivity index is 1.90. The van der Waals surface area contributed by atoms with Crippen LogP contribution < -0.4 is 10.0 Å². The van der Waals surface area contributed by atoms with Gasteiger partial charge in [-0.05, 0) is 25.8 Å². The Bertz CT molecular complexity index is 509. The molecular weight excluding hydrogens is 280 g/mol. The lowest BCUT2D eigenvalue weighted by Crippen LogP contribution is -2.28. The maximum absolute atomic E-state index is 12.2. The van der Waals surface area contributed by atoms with Crippen molar-refractivity contribution in [3.05, 3.63) is 11.8 Å². The standard InChI is InChI=1S/C12H22N4O3S/c1-2-13-8-10-9-14-16-12(10)20(17,18)15-6-5-11-4-3-7-19-11/h9,11,13,15H,2-8H2,1H3,(H,14,16). The van der Waals surface area contributed by atoms with E-state index in [0.29, 0.717) is 25.1 Å². The average Bonchev–Trinajstić information content (AvgIpc) is 3.07. The molecule has 3 N–H and O–H groups in total. The maximum atomic E-state index is 12.2. The average molecular weight is 302 g/mol. The number of aromatic amines is 1. The van der Waals surface area contributed by atoms with Crippen LogP contribution in [0.5, 0.6) is 0 Å². The molecule has 1 atom stereocenters. The van der Waals surface area contributed by atoms with Gasteiger partial charge in [-0.25, -0.2) is 13.1 Å². The predicted octanol–water partition coefficient (Wildman–Crippen LogP) is 0.367. The number of hydrogen-bond donors (Lipinski definition) is 3. The summed E-state index contributed by atoms with van der Waals surface area (Å²) in [6.07, 6.45) is 4.50. The van der Waals surface area contributed by atoms with E-state index in [1.54, 1.807) is 0 Å². The fraction of sp³-hybridized carbons (Fsp3) is 0.750. The van der Waals surface area contributed by atoms with Crippen LogP contribution in [-0.2, 0) is 21.3 Å². The maximum Gasteiger partial charge on any atom is 0.257 e. The molecule has 1 aliphatic heterocycles. The zero-order valence-electron chi connectivity index (χ0n) is 11.7. The molecule has 0 bridgehead atoms. The third-order valence-corrected chi connectivity index (χ3v) is 4.77. The molecule has 0 aromatic carbocycles. The lowest BCUT2D eigenvalue weighted by atomic mass is 10.2. The van der Waals surface area contributed by atoms with E-state index < -0.39 is 10.0 Å². The highest BCUT2D eigenvalue weighted by Gasteiger charge is 2.21. The van der Waals surface area contributed by atoms with Crippen LogP contribution in [0.3, 0.4) is 0 Å². The molecule has 8 heteroatoms. The Labute approximate surface area is 119 Å². The number of nitrogens with zero attached hydrogens (tertiary/aromatic N) is 1. The fourth-order valence-corrected chi connectivity index (χ4v) is 3.39. The van der Waals surface area contributed by atoms with Crippen LogP contribution in [-0.4, -0.2) is 44.4 Å². The van der Waals surface area contributed by atoms with Crippen molar-refractivity contribution in [3.63, 3.8) is 0 Å². The van der Waals surface area contributed by atoms with Gasteiger partial charge in [0.25, 0.3) is 10.0 Å². The molecule has 0 spiro atoms. The van der Waals surface area contributed by atoms with E-state index in [1.807, 2.05) is 6.92 Å². The lowest BCUT2D eigenvalue weighted by molar-refractivity contribution is 0.105. The van der Waals surface area contributed by atoms with Crippen molar-refractivity contribution in [2.75, 3.05) is 19.7 Å². The van der Waals surface area contributed by atoms with Crippen molar-refractivity contribution in [3.8, 4) is 0 Å². The van der Waals surface area contributed by atoms with Gasteiger partial charge in [0, 0.05) is 25.3 Å². The van der Waals surface area contributed by atoms with Gasteiger partial charge in [0.2, 0.25) is 0 Å². The van der Waals surface area contributed by atoms with Crippen LogP contribution in [0.1, 0.15) is 31.7 Å². The highest BCUT2D eigenvalue weighted by atomic mass is 32.2. The van der Waals surface area contributed by atoms with E-state index in [9.17, 15) is 8.42 Å². The summed E-state index contributed by atoms with van der Waals surface area (Å²) in [5.74, 6) is 0. The molecule has 1 aromatic heterocycles. The number of rotatable bonds is 8. The number of H-pyrrole nitrogens is 1. The molecule has 0 saturated carbocycles. The van der Waals surface area contributed by atoms with Gasteiger partial charge in [-0.2, -0.15) is 5.10 Å². The number of sulfonamides is 1. The van der Waals surface area contributed by atoms with E-state index in [-0.39, 0.29) is 11.1 Å². The van der Waals surface area contributed by atoms with E-state index >= 15 is 0 Å². The van der Waals surface area contributed by atoms with Gasteiger partial charge in [0.05, 0.1) is 12.3 Å². The minimum absolute atomic E-state index is 0.144. The Morgan fingerprint density at radius 1 is 1.55 bits per heavy atom. The summed E-state index contributed by atoms with van der Waals surface area (Å²) in [6.45, 7) is 4.39. The summed E-state index contributed by atoms with van der Waals surface area (Å²) in [6, 6.07) is 0. The molecule has 0 radical (unpaired) electrons. The zero-order valence-corrected chi connectivity index (χ0v) is 12.5. The highest BCUT2D eigenvalue weighted by Crippen LogP contribution is 2.15. The summed E-state index contributed by atoms with van der Waals surface area (Å²) in [4.78, 5) is 0. The molecule has 1 aromatic rings. The van der Waals surface area contributed by atoms with Crippen molar-refractivity contribution in [1.29, 1.82) is 0 Å². The Morgan fingerprint density at radius 2 is 2.40 bits per heavy atom. The normalized spacial score (nSPS) is 19.6. The molecule has 7 nitrogen and oxygen atoms in total. The van der Waals surface area contributed by atoms with Crippen LogP contribution in [0.4, 0.5) is 0 Å². The molecular formula is C12H22N4O3S. The van der Waals surface area contributed by atoms with Crippen molar-refractivity contribution >= 4 is 10.0 Å². The Kier molecular flexibility index (Phi) is 5.53. The summed E-state index contributed by atoms with van der Waals surface area (Å²) < 4.78 is 32.5. The monoisotopic (exact) mass is 302 g/mol. The van der Waals surface area contributed by atoms with E-state index in [4.69, 9.17) is 4.74 Å². The van der Waals surface area contributed by atoms with Gasteiger partial charge < -0.3 is 10.1 Å². The van der Waals surface area contributed by atoms with Gasteiger partial charge in [-0.3, -0.25) is 5.10 Å². The van der Waals surface area contributed by atoms with Gasteiger partial charge in [-0.15, -0.1) is 0 Å². The van der Waals surface area contributed by atoms with Gasteiger partial charge in [0.15, 0.2) is 5.03 Å². The summed E-state index contributed by atoms with van der Waals surface area (Å²) in [5.41, 5.74) is 0.650. The van der Waals surface area contributed by atoms with Crippen LogP contribution in [0.2, 0.25) is 0 Å². The zero-order chi connectivity index (χ0) is 14.4. The van der Waals surface area contributed by atoms with E-state index in [0.717, 1.165) is 26.0 Å². The number of nitrogens with one attached hydrogen (secondary N) is 3. The Morgan fingerprint density at radius 3 is 3.10 bits per heavy atom. The summed E-state index contributed by atoms with van der Waals surface area (Å²) >= 11 is 0. The number of aromatic nitrogens is 2. The number of hydrogen-bond acceptors (Lipinski definition) is 5. The molecule has 0 aliphatic carbocycles. The molecule has 1 saturated heterocycles. The first-order chi connectivity index (χ1) is 9.63. The third kappa shape index (κ3) is 4.02. The minimum atomic E-state index is -3.53. The van der Waals surface area contributed by atoms with Crippen molar-refractivity contribution in [2.45, 2.75) is 43.9 Å². The van der Waals surface area contributed by atoms with Crippen molar-refractivity contribution in [1.82, 2.24) is 20.2 Å². The van der Waals surface area contributed by atoms with Crippen LogP contribution in [0.25, 0.3) is 0 Å². The van der Waals surface area contributed by atoms with Crippen molar-refractivity contribution in [2.24, 2.45) is 0 Å². The molecule has 1 aliphatic rings. The highest BCUT2D eigenvalue weighted by molar-refractivity contribution is 7.89. The van der Waals surface area contributed by atoms with Crippen LogP contribution in [0, 0.1) is 0 Å². The lowest BCUT2D eigenvalue weighted by Gasteiger charge is -2.10. The second-order valence-electron chi connectivity index (χ2n) is 4.83. The summed E-state index contributed by atoms with van der Waals surface area (Å²) in [5, 5.41) is 9.62. The van der Waals surface area contributed by atoms with Crippen LogP contribution in [0.15, 0.2) is 11.2 Å². The second kappa shape index (κ2) is 7.16. The van der Waals surface area contributed by atoms with E-state index in [1.165, 1.54) is 6.20 Å². The van der Waals surface area contributed by atoms with Gasteiger partial charge in [0.1, 0.15) is 0 Å². The predicted molar refractivity (Wildman–Crippen MR) is 74.7 cm³/mol. The summed E-state index contributed by atoms with van der Waals surface area (Å²) in [7, 11) is -3.53. The van der Waals surface area contributed by atoms with Crippen molar-refractivity contribution < 1.29 is 13.2 Å². The van der Waals surface area contributed by atoms with Gasteiger partial charge >= 0.3 is 0 Å². The minimum Gasteiger partial charge on any atom is -0.378 e. The quantitative estimate of drug-likeness (QED) is 0.644.